The first-order valence-electron chi connectivity index (χ1n) is 7.93. The number of para-hydroxylation sites is 1. The second-order valence-corrected chi connectivity index (χ2v) is 7.43. The minimum Gasteiger partial charge on any atom is -0.297 e. The molecule has 0 saturated carbocycles. The molecule has 0 aliphatic carbocycles. The lowest BCUT2D eigenvalue weighted by molar-refractivity contribution is -0.118. The van der Waals surface area contributed by atoms with E-state index < -0.39 is 0 Å². The van der Waals surface area contributed by atoms with E-state index in [1.165, 1.54) is 4.70 Å². The van der Waals surface area contributed by atoms with Crippen LogP contribution in [0.4, 0.5) is 5.82 Å². The normalized spacial score (nSPS) is 10.9. The lowest BCUT2D eigenvalue weighted by atomic mass is 10.2. The number of anilines is 1. The van der Waals surface area contributed by atoms with E-state index in [0.29, 0.717) is 18.8 Å². The largest absolute Gasteiger partial charge is 0.297 e. The number of pyridine rings is 1. The van der Waals surface area contributed by atoms with E-state index in [1.54, 1.807) is 22.4 Å². The van der Waals surface area contributed by atoms with E-state index in [1.807, 2.05) is 37.3 Å². The number of hydrogen-bond acceptors (Lipinski definition) is 4. The number of amides is 1. The molecule has 0 aliphatic heterocycles. The minimum atomic E-state index is 0.105. The van der Waals surface area contributed by atoms with Gasteiger partial charge in [0.25, 0.3) is 0 Å². The molecule has 3 rings (SSSR count). The third-order valence-corrected chi connectivity index (χ3v) is 5.29. The fourth-order valence-electron chi connectivity index (χ4n) is 2.55. The Labute approximate surface area is 153 Å². The second kappa shape index (κ2) is 7.85. The van der Waals surface area contributed by atoms with Crippen molar-refractivity contribution in [3.8, 4) is 0 Å². The Morgan fingerprint density at radius 1 is 1.25 bits per heavy atom. The van der Waals surface area contributed by atoms with E-state index >= 15 is 0 Å². The number of aromatic nitrogens is 2. The first-order chi connectivity index (χ1) is 11.7. The van der Waals surface area contributed by atoms with Gasteiger partial charge in [0.1, 0.15) is 5.82 Å². The summed E-state index contributed by atoms with van der Waals surface area (Å²) < 4.78 is 2.11. The summed E-state index contributed by atoms with van der Waals surface area (Å²) >= 11 is 5.07. The molecule has 24 heavy (non-hydrogen) atoms. The van der Waals surface area contributed by atoms with Crippen LogP contribution in [0.25, 0.3) is 10.2 Å². The molecule has 6 heteroatoms. The van der Waals surface area contributed by atoms with Gasteiger partial charge in [-0.15, -0.1) is 11.3 Å². The first kappa shape index (κ1) is 17.0. The van der Waals surface area contributed by atoms with Gasteiger partial charge in [0.05, 0.1) is 15.2 Å². The van der Waals surface area contributed by atoms with Crippen LogP contribution in [0.2, 0.25) is 0 Å². The van der Waals surface area contributed by atoms with Crippen molar-refractivity contribution in [1.29, 1.82) is 0 Å². The molecular weight excluding hydrogens is 386 g/mol. The Hall–Kier alpha value is -1.79. The molecule has 4 nitrogen and oxygen atoms in total. The summed E-state index contributed by atoms with van der Waals surface area (Å²) in [5.74, 6) is 0.805. The van der Waals surface area contributed by atoms with Crippen molar-refractivity contribution in [3.63, 3.8) is 0 Å². The van der Waals surface area contributed by atoms with Crippen LogP contribution in [0.3, 0.4) is 0 Å². The van der Waals surface area contributed by atoms with Crippen LogP contribution in [0.15, 0.2) is 47.1 Å². The van der Waals surface area contributed by atoms with Crippen molar-refractivity contribution in [1.82, 2.24) is 9.97 Å². The van der Waals surface area contributed by atoms with Crippen LogP contribution >= 0.6 is 27.3 Å². The van der Waals surface area contributed by atoms with Crippen LogP contribution in [0, 0.1) is 0 Å². The number of halogens is 1. The molecule has 0 aliphatic rings. The fraction of sp³-hybridized carbons (Fsp3) is 0.278. The molecule has 3 aromatic rings. The van der Waals surface area contributed by atoms with Gasteiger partial charge in [0.15, 0.2) is 0 Å². The van der Waals surface area contributed by atoms with Gasteiger partial charge in [-0.3, -0.25) is 9.69 Å². The molecule has 0 N–H and O–H groups in total. The first-order valence-corrected chi connectivity index (χ1v) is 9.54. The zero-order chi connectivity index (χ0) is 16.9. The summed E-state index contributed by atoms with van der Waals surface area (Å²) in [5.41, 5.74) is 1.04. The SMILES string of the molecule is CCN(C(=O)CCCc1nc2ccccc2s1)c1ccc(Br)cn1. The number of hydrogen-bond donors (Lipinski definition) is 0. The molecule has 1 amide bonds. The molecule has 2 heterocycles. The Bertz CT molecular complexity index is 799. The van der Waals surface area contributed by atoms with E-state index in [-0.39, 0.29) is 5.91 Å². The number of carbonyl (C=O) groups excluding carboxylic acids is 1. The van der Waals surface area contributed by atoms with Crippen molar-refractivity contribution < 1.29 is 4.79 Å². The van der Waals surface area contributed by atoms with Crippen molar-refractivity contribution >= 4 is 49.2 Å². The highest BCUT2D eigenvalue weighted by molar-refractivity contribution is 9.10. The highest BCUT2D eigenvalue weighted by Crippen LogP contribution is 2.23. The zero-order valence-electron chi connectivity index (χ0n) is 13.4. The average molecular weight is 404 g/mol. The summed E-state index contributed by atoms with van der Waals surface area (Å²) in [5, 5.41) is 1.09. The van der Waals surface area contributed by atoms with Gasteiger partial charge in [-0.05, 0) is 60.0 Å². The molecule has 0 radical (unpaired) electrons. The lowest BCUT2D eigenvalue weighted by Gasteiger charge is -2.19. The molecule has 0 atom stereocenters. The maximum Gasteiger partial charge on any atom is 0.228 e. The smallest absolute Gasteiger partial charge is 0.228 e. The minimum absolute atomic E-state index is 0.105. The van der Waals surface area contributed by atoms with Crippen molar-refractivity contribution in [3.05, 3.63) is 52.1 Å². The highest BCUT2D eigenvalue weighted by Gasteiger charge is 2.15. The van der Waals surface area contributed by atoms with Gasteiger partial charge in [-0.25, -0.2) is 9.97 Å². The summed E-state index contributed by atoms with van der Waals surface area (Å²) in [6.07, 6.45) is 3.84. The molecular formula is C18H18BrN3OS. The van der Waals surface area contributed by atoms with E-state index in [9.17, 15) is 4.79 Å². The summed E-state index contributed by atoms with van der Waals surface area (Å²) in [7, 11) is 0. The third-order valence-electron chi connectivity index (χ3n) is 3.73. The topological polar surface area (TPSA) is 46.1 Å². The Morgan fingerprint density at radius 2 is 2.08 bits per heavy atom. The van der Waals surface area contributed by atoms with Gasteiger partial charge in [-0.1, -0.05) is 12.1 Å². The fourth-order valence-corrected chi connectivity index (χ4v) is 3.79. The number of nitrogens with zero attached hydrogens (tertiary/aromatic N) is 3. The number of thiazole rings is 1. The quantitative estimate of drug-likeness (QED) is 0.591. The molecule has 0 spiro atoms. The van der Waals surface area contributed by atoms with E-state index in [0.717, 1.165) is 27.8 Å². The maximum absolute atomic E-state index is 12.5. The van der Waals surface area contributed by atoms with Crippen molar-refractivity contribution in [2.45, 2.75) is 26.2 Å². The standard InChI is InChI=1S/C18H18BrN3OS/c1-2-22(16-11-10-13(19)12-20-16)18(23)9-5-8-17-21-14-6-3-4-7-15(14)24-17/h3-4,6-7,10-12H,2,5,8-9H2,1H3. The van der Waals surface area contributed by atoms with Gasteiger partial charge in [-0.2, -0.15) is 0 Å². The van der Waals surface area contributed by atoms with Crippen LogP contribution in [-0.2, 0) is 11.2 Å². The van der Waals surface area contributed by atoms with E-state index in [4.69, 9.17) is 0 Å². The summed E-state index contributed by atoms with van der Waals surface area (Å²) in [6, 6.07) is 11.9. The third kappa shape index (κ3) is 3.99. The number of carbonyl (C=O) groups is 1. The lowest BCUT2D eigenvalue weighted by Crippen LogP contribution is -2.31. The molecule has 1 aromatic carbocycles. The van der Waals surface area contributed by atoms with Gasteiger partial charge in [0.2, 0.25) is 5.91 Å². The molecule has 0 fully saturated rings. The second-order valence-electron chi connectivity index (χ2n) is 5.40. The Balaban J connectivity index is 1.58. The maximum atomic E-state index is 12.5. The van der Waals surface area contributed by atoms with Crippen LogP contribution < -0.4 is 4.90 Å². The molecule has 0 saturated heterocycles. The van der Waals surface area contributed by atoms with E-state index in [2.05, 4.69) is 32.0 Å². The summed E-state index contributed by atoms with van der Waals surface area (Å²) in [4.78, 5) is 23.1. The van der Waals surface area contributed by atoms with Gasteiger partial charge in [0, 0.05) is 23.6 Å². The number of benzene rings is 1. The predicted octanol–water partition coefficient (Wildman–Crippen LogP) is 4.83. The Morgan fingerprint density at radius 3 is 2.79 bits per heavy atom. The van der Waals surface area contributed by atoms with Gasteiger partial charge < -0.3 is 0 Å². The van der Waals surface area contributed by atoms with Crippen molar-refractivity contribution in [2.75, 3.05) is 11.4 Å². The Kier molecular flexibility index (Phi) is 5.58. The highest BCUT2D eigenvalue weighted by atomic mass is 79.9. The van der Waals surface area contributed by atoms with Gasteiger partial charge >= 0.3 is 0 Å². The van der Waals surface area contributed by atoms with Crippen LogP contribution in [0.5, 0.6) is 0 Å². The monoisotopic (exact) mass is 403 g/mol. The average Bonchev–Trinajstić information content (AvgIpc) is 3.00. The molecule has 0 unspecified atom stereocenters. The van der Waals surface area contributed by atoms with Crippen LogP contribution in [0.1, 0.15) is 24.8 Å². The number of fused-ring (bicyclic) bond motifs is 1. The predicted molar refractivity (Wildman–Crippen MR) is 103 cm³/mol. The molecule has 0 bridgehead atoms. The van der Waals surface area contributed by atoms with Crippen LogP contribution in [-0.4, -0.2) is 22.4 Å². The number of rotatable bonds is 6. The van der Waals surface area contributed by atoms with Crippen molar-refractivity contribution in [2.24, 2.45) is 0 Å². The summed E-state index contributed by atoms with van der Waals surface area (Å²) in [6.45, 7) is 2.59. The number of aryl methyl sites for hydroxylation is 1. The molecule has 2 aromatic heterocycles. The molecule has 124 valence electrons. The zero-order valence-corrected chi connectivity index (χ0v) is 15.8.